The summed E-state index contributed by atoms with van der Waals surface area (Å²) in [7, 11) is 0. The van der Waals surface area contributed by atoms with Crippen molar-refractivity contribution in [3.8, 4) is 5.75 Å². The second kappa shape index (κ2) is 6.71. The van der Waals surface area contributed by atoms with E-state index in [0.717, 1.165) is 43.6 Å². The van der Waals surface area contributed by atoms with Crippen LogP contribution < -0.4 is 10.5 Å². The van der Waals surface area contributed by atoms with Crippen LogP contribution >= 0.6 is 0 Å². The van der Waals surface area contributed by atoms with E-state index in [-0.39, 0.29) is 6.04 Å². The van der Waals surface area contributed by atoms with E-state index in [4.69, 9.17) is 15.2 Å². The average Bonchev–Trinajstić information content (AvgIpc) is 2.89. The molecule has 0 bridgehead atoms. The normalized spacial score (nSPS) is 20.9. The van der Waals surface area contributed by atoms with Gasteiger partial charge in [-0.3, -0.25) is 4.98 Å². The zero-order valence-corrected chi connectivity index (χ0v) is 11.0. The van der Waals surface area contributed by atoms with Crippen LogP contribution in [-0.4, -0.2) is 24.3 Å². The minimum Gasteiger partial charge on any atom is -0.492 e. The highest BCUT2D eigenvalue weighted by molar-refractivity contribution is 5.25. The second-order valence-electron chi connectivity index (χ2n) is 4.78. The molecule has 1 aromatic rings. The van der Waals surface area contributed by atoms with Gasteiger partial charge in [-0.05, 0) is 37.3 Å². The molecule has 0 amide bonds. The van der Waals surface area contributed by atoms with Gasteiger partial charge in [-0.25, -0.2) is 0 Å². The first kappa shape index (κ1) is 13.3. The Kier molecular flexibility index (Phi) is 4.96. The summed E-state index contributed by atoms with van der Waals surface area (Å²) < 4.78 is 11.2. The highest BCUT2D eigenvalue weighted by Crippen LogP contribution is 2.24. The Bertz CT molecular complexity index is 365. The Hall–Kier alpha value is -1.13. The quantitative estimate of drug-likeness (QED) is 0.842. The molecule has 1 fully saturated rings. The van der Waals surface area contributed by atoms with Crippen LogP contribution in [-0.2, 0) is 4.74 Å². The monoisotopic (exact) mass is 250 g/mol. The van der Waals surface area contributed by atoms with Crippen LogP contribution in [0, 0.1) is 0 Å². The molecular formula is C14H22N2O2. The van der Waals surface area contributed by atoms with Crippen molar-refractivity contribution in [3.63, 3.8) is 0 Å². The van der Waals surface area contributed by atoms with E-state index in [9.17, 15) is 0 Å². The number of aromatic nitrogens is 1. The number of hydrogen-bond donors (Lipinski definition) is 1. The van der Waals surface area contributed by atoms with E-state index in [2.05, 4.69) is 11.9 Å². The molecule has 4 heteroatoms. The Morgan fingerprint density at radius 3 is 3.17 bits per heavy atom. The van der Waals surface area contributed by atoms with Gasteiger partial charge >= 0.3 is 0 Å². The largest absolute Gasteiger partial charge is 0.492 e. The Balaban J connectivity index is 1.93. The number of nitrogens with zero attached hydrogens (tertiary/aromatic N) is 1. The van der Waals surface area contributed by atoms with Crippen molar-refractivity contribution in [2.45, 2.75) is 44.8 Å². The van der Waals surface area contributed by atoms with Crippen molar-refractivity contribution in [1.82, 2.24) is 4.98 Å². The Morgan fingerprint density at radius 1 is 1.56 bits per heavy atom. The molecule has 1 saturated heterocycles. The molecule has 2 rings (SSSR count). The fourth-order valence-corrected chi connectivity index (χ4v) is 2.19. The maximum absolute atomic E-state index is 6.20. The topological polar surface area (TPSA) is 57.4 Å². The van der Waals surface area contributed by atoms with Gasteiger partial charge in [0.1, 0.15) is 5.75 Å². The maximum Gasteiger partial charge on any atom is 0.137 e. The fraction of sp³-hybridized carbons (Fsp3) is 0.643. The van der Waals surface area contributed by atoms with E-state index in [0.29, 0.717) is 12.7 Å². The summed E-state index contributed by atoms with van der Waals surface area (Å²) in [5, 5.41) is 0. The summed E-state index contributed by atoms with van der Waals surface area (Å²) >= 11 is 0. The molecule has 0 radical (unpaired) electrons. The van der Waals surface area contributed by atoms with Gasteiger partial charge in [0.05, 0.1) is 18.9 Å². The van der Waals surface area contributed by atoms with Crippen LogP contribution in [0.25, 0.3) is 0 Å². The summed E-state index contributed by atoms with van der Waals surface area (Å²) in [5.41, 5.74) is 7.22. The standard InChI is InChI=1S/C14H22N2O2/c1-2-5-17-13-7-11(9-16-10-13)14(15)8-12-4-3-6-18-12/h7,9-10,12,14H,2-6,8,15H2,1H3. The molecule has 0 aliphatic carbocycles. The molecule has 18 heavy (non-hydrogen) atoms. The summed E-state index contributed by atoms with van der Waals surface area (Å²) in [5.74, 6) is 0.803. The fourth-order valence-electron chi connectivity index (χ4n) is 2.19. The second-order valence-corrected chi connectivity index (χ2v) is 4.78. The van der Waals surface area contributed by atoms with E-state index in [1.54, 1.807) is 6.20 Å². The van der Waals surface area contributed by atoms with Crippen LogP contribution in [0.4, 0.5) is 0 Å². The summed E-state index contributed by atoms with van der Waals surface area (Å²) in [6.45, 7) is 3.67. The van der Waals surface area contributed by atoms with Crippen LogP contribution in [0.15, 0.2) is 18.5 Å². The van der Waals surface area contributed by atoms with E-state index in [1.165, 1.54) is 0 Å². The van der Waals surface area contributed by atoms with Gasteiger partial charge in [0.2, 0.25) is 0 Å². The molecule has 1 aliphatic rings. The molecule has 0 aromatic carbocycles. The van der Waals surface area contributed by atoms with Crippen molar-refractivity contribution in [1.29, 1.82) is 0 Å². The third-order valence-electron chi connectivity index (χ3n) is 3.18. The third kappa shape index (κ3) is 3.68. The molecule has 2 N–H and O–H groups in total. The summed E-state index contributed by atoms with van der Waals surface area (Å²) in [4.78, 5) is 4.19. The minimum absolute atomic E-state index is 0.0224. The number of ether oxygens (including phenoxy) is 2. The van der Waals surface area contributed by atoms with Crippen molar-refractivity contribution >= 4 is 0 Å². The molecule has 4 nitrogen and oxygen atoms in total. The Labute approximate surface area is 108 Å². The lowest BCUT2D eigenvalue weighted by Gasteiger charge is -2.16. The lowest BCUT2D eigenvalue weighted by Crippen LogP contribution is -2.18. The molecular weight excluding hydrogens is 228 g/mol. The van der Waals surface area contributed by atoms with Crippen molar-refractivity contribution < 1.29 is 9.47 Å². The first-order chi connectivity index (χ1) is 8.79. The minimum atomic E-state index is -0.0224. The number of nitrogens with two attached hydrogens (primary N) is 1. The van der Waals surface area contributed by atoms with Gasteiger partial charge in [0.25, 0.3) is 0 Å². The molecule has 2 heterocycles. The third-order valence-corrected chi connectivity index (χ3v) is 3.18. The van der Waals surface area contributed by atoms with Crippen LogP contribution in [0.1, 0.15) is 44.2 Å². The number of pyridine rings is 1. The molecule has 0 spiro atoms. The van der Waals surface area contributed by atoms with Crippen molar-refractivity contribution in [2.75, 3.05) is 13.2 Å². The van der Waals surface area contributed by atoms with Gasteiger partial charge in [0, 0.05) is 18.8 Å². The van der Waals surface area contributed by atoms with Gasteiger partial charge < -0.3 is 15.2 Å². The highest BCUT2D eigenvalue weighted by atomic mass is 16.5. The smallest absolute Gasteiger partial charge is 0.137 e. The SMILES string of the molecule is CCCOc1cncc(C(N)CC2CCCO2)c1. The Morgan fingerprint density at radius 2 is 2.44 bits per heavy atom. The van der Waals surface area contributed by atoms with Crippen molar-refractivity contribution in [2.24, 2.45) is 5.73 Å². The lowest BCUT2D eigenvalue weighted by molar-refractivity contribution is 0.0983. The summed E-state index contributed by atoms with van der Waals surface area (Å²) in [6.07, 6.45) is 7.98. The first-order valence-electron chi connectivity index (χ1n) is 6.74. The number of rotatable bonds is 6. The lowest BCUT2D eigenvalue weighted by atomic mass is 10.0. The predicted molar refractivity (Wildman–Crippen MR) is 70.5 cm³/mol. The molecule has 100 valence electrons. The van der Waals surface area contributed by atoms with E-state index in [1.807, 2.05) is 12.3 Å². The van der Waals surface area contributed by atoms with Crippen LogP contribution in [0.3, 0.4) is 0 Å². The van der Waals surface area contributed by atoms with Crippen LogP contribution in [0.5, 0.6) is 5.75 Å². The van der Waals surface area contributed by atoms with Gasteiger partial charge in [-0.2, -0.15) is 0 Å². The average molecular weight is 250 g/mol. The molecule has 1 aliphatic heterocycles. The van der Waals surface area contributed by atoms with Gasteiger partial charge in [0.15, 0.2) is 0 Å². The zero-order chi connectivity index (χ0) is 12.8. The zero-order valence-electron chi connectivity index (χ0n) is 11.0. The van der Waals surface area contributed by atoms with Gasteiger partial charge in [-0.1, -0.05) is 6.92 Å². The highest BCUT2D eigenvalue weighted by Gasteiger charge is 2.20. The predicted octanol–water partition coefficient (Wildman–Crippen LogP) is 2.44. The number of hydrogen-bond acceptors (Lipinski definition) is 4. The van der Waals surface area contributed by atoms with E-state index >= 15 is 0 Å². The first-order valence-corrected chi connectivity index (χ1v) is 6.74. The molecule has 2 atom stereocenters. The molecule has 0 saturated carbocycles. The van der Waals surface area contributed by atoms with Crippen molar-refractivity contribution in [3.05, 3.63) is 24.0 Å². The van der Waals surface area contributed by atoms with Crippen LogP contribution in [0.2, 0.25) is 0 Å². The summed E-state index contributed by atoms with van der Waals surface area (Å²) in [6, 6.07) is 1.97. The molecule has 2 unspecified atom stereocenters. The van der Waals surface area contributed by atoms with Gasteiger partial charge in [-0.15, -0.1) is 0 Å². The molecule has 1 aromatic heterocycles. The maximum atomic E-state index is 6.20. The van der Waals surface area contributed by atoms with E-state index < -0.39 is 0 Å².